The second-order valence-corrected chi connectivity index (χ2v) is 7.94. The first-order valence-corrected chi connectivity index (χ1v) is 9.18. The lowest BCUT2D eigenvalue weighted by atomic mass is 10.0. The van der Waals surface area contributed by atoms with E-state index in [0.717, 1.165) is 13.1 Å². The van der Waals surface area contributed by atoms with Crippen molar-refractivity contribution in [1.82, 2.24) is 19.2 Å². The molecule has 2 aromatic rings. The fraction of sp³-hybridized carbons (Fsp3) is 0.500. The van der Waals surface area contributed by atoms with E-state index in [1.54, 1.807) is 33.8 Å². The number of fused-ring (bicyclic) bond motifs is 2. The summed E-state index contributed by atoms with van der Waals surface area (Å²) in [5.74, 6) is 1.07. The molecule has 25 heavy (non-hydrogen) atoms. The number of imidazole rings is 1. The Morgan fingerprint density at radius 3 is 2.80 bits per heavy atom. The van der Waals surface area contributed by atoms with Crippen molar-refractivity contribution in [3.8, 4) is 0 Å². The van der Waals surface area contributed by atoms with E-state index >= 15 is 0 Å². The number of amides is 2. The van der Waals surface area contributed by atoms with E-state index in [2.05, 4.69) is 4.98 Å². The van der Waals surface area contributed by atoms with Gasteiger partial charge < -0.3 is 14.2 Å². The first-order valence-electron chi connectivity index (χ1n) is 8.81. The fourth-order valence-electron chi connectivity index (χ4n) is 4.12. The van der Waals surface area contributed by atoms with Gasteiger partial charge in [-0.15, -0.1) is 0 Å². The molecule has 1 saturated carbocycles. The van der Waals surface area contributed by atoms with E-state index < -0.39 is 0 Å². The topological polar surface area (TPSA) is 57.9 Å². The van der Waals surface area contributed by atoms with E-state index in [1.165, 1.54) is 12.8 Å². The summed E-state index contributed by atoms with van der Waals surface area (Å²) in [4.78, 5) is 33.6. The summed E-state index contributed by atoms with van der Waals surface area (Å²) in [5.41, 5.74) is 1.10. The molecular weight excluding hydrogens is 340 g/mol. The Morgan fingerprint density at radius 2 is 2.04 bits per heavy atom. The van der Waals surface area contributed by atoms with E-state index in [4.69, 9.17) is 11.6 Å². The molecule has 6 nitrogen and oxygen atoms in total. The molecule has 3 aliphatic rings. The Balaban J connectivity index is 1.31. The third-order valence-corrected chi connectivity index (χ3v) is 5.85. The van der Waals surface area contributed by atoms with Crippen molar-refractivity contribution >= 4 is 29.1 Å². The van der Waals surface area contributed by atoms with Gasteiger partial charge in [-0.05, 0) is 30.9 Å². The quantitative estimate of drug-likeness (QED) is 0.842. The number of aromatic nitrogens is 2. The summed E-state index contributed by atoms with van der Waals surface area (Å²) >= 11 is 5.98. The van der Waals surface area contributed by atoms with Crippen LogP contribution in [0.1, 0.15) is 23.3 Å². The van der Waals surface area contributed by atoms with Crippen LogP contribution in [0.2, 0.25) is 5.02 Å². The summed E-state index contributed by atoms with van der Waals surface area (Å²) < 4.78 is 1.76. The van der Waals surface area contributed by atoms with Crippen LogP contribution < -0.4 is 0 Å². The highest BCUT2D eigenvalue weighted by molar-refractivity contribution is 6.30. The van der Waals surface area contributed by atoms with Crippen molar-refractivity contribution < 1.29 is 9.59 Å². The van der Waals surface area contributed by atoms with Crippen molar-refractivity contribution in [2.24, 2.45) is 17.8 Å². The maximum absolute atomic E-state index is 12.8. The van der Waals surface area contributed by atoms with Crippen LogP contribution in [-0.2, 0) is 4.79 Å². The highest BCUT2D eigenvalue weighted by Crippen LogP contribution is 2.37. The zero-order chi connectivity index (χ0) is 17.1. The summed E-state index contributed by atoms with van der Waals surface area (Å²) in [5, 5.41) is 0.598. The lowest BCUT2D eigenvalue weighted by Gasteiger charge is -2.21. The van der Waals surface area contributed by atoms with Gasteiger partial charge in [-0.25, -0.2) is 4.98 Å². The molecule has 7 heteroatoms. The van der Waals surface area contributed by atoms with Crippen molar-refractivity contribution in [1.29, 1.82) is 0 Å². The minimum absolute atomic E-state index is 0.0332. The molecule has 0 spiro atoms. The lowest BCUT2D eigenvalue weighted by Crippen LogP contribution is -2.36. The second-order valence-electron chi connectivity index (χ2n) is 7.50. The average molecular weight is 359 g/mol. The average Bonchev–Trinajstić information content (AvgIpc) is 3.04. The van der Waals surface area contributed by atoms with Gasteiger partial charge in [0.25, 0.3) is 5.91 Å². The molecule has 0 bridgehead atoms. The molecule has 2 saturated heterocycles. The van der Waals surface area contributed by atoms with Gasteiger partial charge in [-0.3, -0.25) is 9.59 Å². The molecule has 4 heterocycles. The molecule has 130 valence electrons. The van der Waals surface area contributed by atoms with E-state index in [0.29, 0.717) is 35.4 Å². The van der Waals surface area contributed by atoms with Gasteiger partial charge in [0.1, 0.15) is 11.3 Å². The third-order valence-electron chi connectivity index (χ3n) is 5.62. The Bertz CT molecular complexity index is 875. The molecule has 2 amide bonds. The van der Waals surface area contributed by atoms with Gasteiger partial charge in [0, 0.05) is 44.5 Å². The molecule has 1 aliphatic carbocycles. The summed E-state index contributed by atoms with van der Waals surface area (Å²) in [7, 11) is 0. The SMILES string of the molecule is O=C(c1cn2cc(Cl)ccc2n1)N1C[C@H]2CN(CC3CC3)C(=O)[C@H]2C1. The number of halogens is 1. The van der Waals surface area contributed by atoms with Crippen LogP contribution in [0.25, 0.3) is 5.65 Å². The van der Waals surface area contributed by atoms with Crippen molar-refractivity contribution in [2.45, 2.75) is 12.8 Å². The summed E-state index contributed by atoms with van der Waals surface area (Å²) in [6.07, 6.45) is 5.95. The number of hydrogen-bond donors (Lipinski definition) is 0. The Kier molecular flexibility index (Phi) is 3.32. The van der Waals surface area contributed by atoms with E-state index in [9.17, 15) is 9.59 Å². The molecule has 2 atom stereocenters. The maximum atomic E-state index is 12.8. The molecule has 2 aromatic heterocycles. The Hall–Kier alpha value is -2.08. The number of nitrogens with zero attached hydrogens (tertiary/aromatic N) is 4. The number of hydrogen-bond acceptors (Lipinski definition) is 3. The maximum Gasteiger partial charge on any atom is 0.274 e. The van der Waals surface area contributed by atoms with Crippen LogP contribution in [0.3, 0.4) is 0 Å². The monoisotopic (exact) mass is 358 g/mol. The van der Waals surface area contributed by atoms with Gasteiger partial charge in [-0.2, -0.15) is 0 Å². The number of pyridine rings is 1. The zero-order valence-corrected chi connectivity index (χ0v) is 14.5. The highest BCUT2D eigenvalue weighted by atomic mass is 35.5. The van der Waals surface area contributed by atoms with Gasteiger partial charge >= 0.3 is 0 Å². The van der Waals surface area contributed by atoms with Crippen molar-refractivity contribution in [3.63, 3.8) is 0 Å². The highest BCUT2D eigenvalue weighted by Gasteiger charge is 2.48. The largest absolute Gasteiger partial charge is 0.342 e. The number of likely N-dealkylation sites (tertiary alicyclic amines) is 2. The van der Waals surface area contributed by atoms with Crippen LogP contribution in [0.4, 0.5) is 0 Å². The lowest BCUT2D eigenvalue weighted by molar-refractivity contribution is -0.131. The van der Waals surface area contributed by atoms with Crippen molar-refractivity contribution in [3.05, 3.63) is 35.2 Å². The van der Waals surface area contributed by atoms with Crippen molar-refractivity contribution in [2.75, 3.05) is 26.2 Å². The molecular formula is C18H19ClN4O2. The molecule has 0 unspecified atom stereocenters. The van der Waals surface area contributed by atoms with Gasteiger partial charge in [-0.1, -0.05) is 11.6 Å². The van der Waals surface area contributed by atoms with Crippen LogP contribution in [0, 0.1) is 17.8 Å². The fourth-order valence-corrected chi connectivity index (χ4v) is 4.28. The zero-order valence-electron chi connectivity index (χ0n) is 13.8. The summed E-state index contributed by atoms with van der Waals surface area (Å²) in [6.45, 7) is 2.86. The number of carbonyl (C=O) groups is 2. The smallest absolute Gasteiger partial charge is 0.274 e. The second kappa shape index (κ2) is 5.46. The first kappa shape index (κ1) is 15.2. The molecule has 0 aromatic carbocycles. The molecule has 0 radical (unpaired) electrons. The van der Waals surface area contributed by atoms with Gasteiger partial charge in [0.2, 0.25) is 5.91 Å². The number of rotatable bonds is 3. The molecule has 0 N–H and O–H groups in total. The minimum Gasteiger partial charge on any atom is -0.342 e. The Labute approximate surface area is 150 Å². The Morgan fingerprint density at radius 1 is 1.20 bits per heavy atom. The van der Waals surface area contributed by atoms with E-state index in [-0.39, 0.29) is 23.7 Å². The number of carbonyl (C=O) groups excluding carboxylic acids is 2. The third kappa shape index (κ3) is 2.59. The van der Waals surface area contributed by atoms with Gasteiger partial charge in [0.15, 0.2) is 0 Å². The van der Waals surface area contributed by atoms with Crippen LogP contribution in [0.15, 0.2) is 24.5 Å². The molecule has 3 fully saturated rings. The predicted molar refractivity (Wildman–Crippen MR) is 92.4 cm³/mol. The minimum atomic E-state index is -0.101. The summed E-state index contributed by atoms with van der Waals surface area (Å²) in [6, 6.07) is 3.54. The standard InChI is InChI=1S/C18H19ClN4O2/c19-13-3-4-16-20-15(10-21(16)8-13)18(25)23-7-12-6-22(5-11-1-2-11)17(24)14(12)9-23/h3-4,8,10-12,14H,1-2,5-7,9H2/t12-,14+/m1/s1. The normalized spacial score (nSPS) is 25.9. The molecule has 2 aliphatic heterocycles. The van der Waals surface area contributed by atoms with Gasteiger partial charge in [0.05, 0.1) is 10.9 Å². The van der Waals surface area contributed by atoms with Crippen LogP contribution in [-0.4, -0.2) is 57.2 Å². The van der Waals surface area contributed by atoms with Crippen LogP contribution >= 0.6 is 11.6 Å². The first-order chi connectivity index (χ1) is 12.1. The predicted octanol–water partition coefficient (Wildman–Crippen LogP) is 1.93. The van der Waals surface area contributed by atoms with E-state index in [1.807, 2.05) is 4.90 Å². The van der Waals surface area contributed by atoms with Crippen LogP contribution in [0.5, 0.6) is 0 Å². The molecule has 5 rings (SSSR count).